The first-order valence-electron chi connectivity index (χ1n) is 5.81. The molecule has 0 aromatic rings. The fourth-order valence-electron chi connectivity index (χ4n) is 1.03. The van der Waals surface area contributed by atoms with E-state index in [0.717, 1.165) is 38.9 Å². The van der Waals surface area contributed by atoms with Gasteiger partial charge >= 0.3 is 0 Å². The van der Waals surface area contributed by atoms with E-state index in [4.69, 9.17) is 21.1 Å². The van der Waals surface area contributed by atoms with Crippen LogP contribution in [0.4, 0.5) is 0 Å². The summed E-state index contributed by atoms with van der Waals surface area (Å²) in [5.74, 6) is 0.709. The van der Waals surface area contributed by atoms with Crippen LogP contribution in [0.25, 0.3) is 0 Å². The Morgan fingerprint density at radius 2 is 1.73 bits per heavy atom. The van der Waals surface area contributed by atoms with Crippen molar-refractivity contribution >= 4 is 11.6 Å². The van der Waals surface area contributed by atoms with Gasteiger partial charge in [0.15, 0.2) is 6.29 Å². The number of unbranched alkanes of at least 4 members (excludes halogenated alkanes) is 1. The zero-order valence-corrected chi connectivity index (χ0v) is 10.6. The van der Waals surface area contributed by atoms with E-state index in [9.17, 15) is 0 Å². The lowest BCUT2D eigenvalue weighted by molar-refractivity contribution is -0.111. The largest absolute Gasteiger partial charge is 0.349 e. The Labute approximate surface area is 98.6 Å². The summed E-state index contributed by atoms with van der Waals surface area (Å²) in [5, 5.41) is 0. The lowest BCUT2D eigenvalue weighted by Gasteiger charge is -2.14. The summed E-state index contributed by atoms with van der Waals surface area (Å²) in [4.78, 5) is 0. The van der Waals surface area contributed by atoms with Gasteiger partial charge in [0, 0.05) is 19.1 Å². The molecule has 0 saturated heterocycles. The van der Waals surface area contributed by atoms with Crippen molar-refractivity contribution < 1.29 is 9.47 Å². The molecule has 0 rings (SSSR count). The van der Waals surface area contributed by atoms with Crippen molar-refractivity contribution in [1.29, 1.82) is 0 Å². The number of halogens is 1. The minimum Gasteiger partial charge on any atom is -0.349 e. The van der Waals surface area contributed by atoms with Crippen LogP contribution in [0.15, 0.2) is 12.2 Å². The highest BCUT2D eigenvalue weighted by atomic mass is 35.5. The van der Waals surface area contributed by atoms with E-state index in [0.29, 0.717) is 5.88 Å². The van der Waals surface area contributed by atoms with E-state index in [1.807, 2.05) is 6.08 Å². The zero-order valence-electron chi connectivity index (χ0n) is 9.88. The predicted molar refractivity (Wildman–Crippen MR) is 65.4 cm³/mol. The SMILES string of the molecule is CCCOC(/C=C\CCCCl)OCCC. The lowest BCUT2D eigenvalue weighted by Crippen LogP contribution is -2.15. The van der Waals surface area contributed by atoms with Gasteiger partial charge in [0.2, 0.25) is 0 Å². The molecule has 0 fully saturated rings. The van der Waals surface area contributed by atoms with Crippen molar-refractivity contribution in [3.63, 3.8) is 0 Å². The summed E-state index contributed by atoms with van der Waals surface area (Å²) in [6, 6.07) is 0. The second-order valence-electron chi connectivity index (χ2n) is 3.37. The number of alkyl halides is 1. The van der Waals surface area contributed by atoms with Crippen molar-refractivity contribution in [3.8, 4) is 0 Å². The monoisotopic (exact) mass is 234 g/mol. The quantitative estimate of drug-likeness (QED) is 0.248. The maximum Gasteiger partial charge on any atom is 0.176 e. The highest BCUT2D eigenvalue weighted by Gasteiger charge is 2.02. The fraction of sp³-hybridized carbons (Fsp3) is 0.833. The van der Waals surface area contributed by atoms with Gasteiger partial charge in [0.25, 0.3) is 0 Å². The number of rotatable bonds is 10. The van der Waals surface area contributed by atoms with E-state index in [-0.39, 0.29) is 6.29 Å². The van der Waals surface area contributed by atoms with Crippen molar-refractivity contribution in [1.82, 2.24) is 0 Å². The Kier molecular flexibility index (Phi) is 12.0. The van der Waals surface area contributed by atoms with Gasteiger partial charge in [-0.05, 0) is 31.8 Å². The second-order valence-corrected chi connectivity index (χ2v) is 3.75. The molecule has 0 saturated carbocycles. The lowest BCUT2D eigenvalue weighted by atomic mass is 10.3. The van der Waals surface area contributed by atoms with E-state index in [1.165, 1.54) is 0 Å². The first kappa shape index (κ1) is 14.9. The minimum absolute atomic E-state index is 0.180. The molecular weight excluding hydrogens is 212 g/mol. The molecule has 90 valence electrons. The Morgan fingerprint density at radius 3 is 2.20 bits per heavy atom. The summed E-state index contributed by atoms with van der Waals surface area (Å²) < 4.78 is 11.1. The van der Waals surface area contributed by atoms with Crippen LogP contribution >= 0.6 is 11.6 Å². The van der Waals surface area contributed by atoms with Crippen LogP contribution in [0.5, 0.6) is 0 Å². The normalized spacial score (nSPS) is 11.7. The Bertz CT molecular complexity index is 141. The van der Waals surface area contributed by atoms with E-state index < -0.39 is 0 Å². The third kappa shape index (κ3) is 10.2. The van der Waals surface area contributed by atoms with Crippen LogP contribution in [0.3, 0.4) is 0 Å². The molecule has 2 nitrogen and oxygen atoms in total. The van der Waals surface area contributed by atoms with Crippen molar-refractivity contribution in [2.75, 3.05) is 19.1 Å². The van der Waals surface area contributed by atoms with Gasteiger partial charge in [-0.2, -0.15) is 0 Å². The third-order valence-electron chi connectivity index (χ3n) is 1.77. The maximum absolute atomic E-state index is 5.59. The van der Waals surface area contributed by atoms with Gasteiger partial charge in [-0.15, -0.1) is 11.6 Å². The topological polar surface area (TPSA) is 18.5 Å². The van der Waals surface area contributed by atoms with E-state index >= 15 is 0 Å². The van der Waals surface area contributed by atoms with Crippen LogP contribution in [-0.4, -0.2) is 25.4 Å². The van der Waals surface area contributed by atoms with Crippen molar-refractivity contribution in [2.45, 2.75) is 45.8 Å². The number of hydrogen-bond acceptors (Lipinski definition) is 2. The molecule has 0 aromatic carbocycles. The fourth-order valence-corrected chi connectivity index (χ4v) is 1.18. The summed E-state index contributed by atoms with van der Waals surface area (Å²) in [6.45, 7) is 5.67. The van der Waals surface area contributed by atoms with Crippen LogP contribution in [0, 0.1) is 0 Å². The molecule has 0 unspecified atom stereocenters. The molecule has 0 heterocycles. The van der Waals surface area contributed by atoms with Gasteiger partial charge in [0.1, 0.15) is 0 Å². The second kappa shape index (κ2) is 12.0. The zero-order chi connectivity index (χ0) is 11.4. The third-order valence-corrected chi connectivity index (χ3v) is 2.04. The summed E-state index contributed by atoms with van der Waals surface area (Å²) >= 11 is 5.59. The molecule has 0 aromatic heterocycles. The van der Waals surface area contributed by atoms with Gasteiger partial charge in [-0.25, -0.2) is 0 Å². The number of ether oxygens (including phenoxy) is 2. The smallest absolute Gasteiger partial charge is 0.176 e. The van der Waals surface area contributed by atoms with Crippen LogP contribution < -0.4 is 0 Å². The average molecular weight is 235 g/mol. The molecule has 0 radical (unpaired) electrons. The first-order chi connectivity index (χ1) is 7.35. The maximum atomic E-state index is 5.59. The Hall–Kier alpha value is -0.0500. The number of allylic oxidation sites excluding steroid dienone is 1. The Balaban J connectivity index is 3.71. The van der Waals surface area contributed by atoms with Gasteiger partial charge in [0.05, 0.1) is 0 Å². The number of hydrogen-bond donors (Lipinski definition) is 0. The molecule has 0 N–H and O–H groups in total. The van der Waals surface area contributed by atoms with Crippen LogP contribution in [-0.2, 0) is 9.47 Å². The highest BCUT2D eigenvalue weighted by Crippen LogP contribution is 2.02. The minimum atomic E-state index is -0.180. The van der Waals surface area contributed by atoms with Gasteiger partial charge in [-0.1, -0.05) is 19.9 Å². The molecular formula is C12H23ClO2. The van der Waals surface area contributed by atoms with Crippen LogP contribution in [0.1, 0.15) is 39.5 Å². The molecule has 0 aliphatic carbocycles. The van der Waals surface area contributed by atoms with Crippen LogP contribution in [0.2, 0.25) is 0 Å². The standard InChI is InChI=1S/C12H23ClO2/c1-3-10-14-12(15-11-4-2)8-6-5-7-9-13/h6,8,12H,3-5,7,9-11H2,1-2H3/b8-6-. The van der Waals surface area contributed by atoms with E-state index in [1.54, 1.807) is 0 Å². The first-order valence-corrected chi connectivity index (χ1v) is 6.34. The van der Waals surface area contributed by atoms with Crippen molar-refractivity contribution in [2.24, 2.45) is 0 Å². The van der Waals surface area contributed by atoms with Gasteiger partial charge in [-0.3, -0.25) is 0 Å². The highest BCUT2D eigenvalue weighted by molar-refractivity contribution is 6.17. The van der Waals surface area contributed by atoms with E-state index in [2.05, 4.69) is 19.9 Å². The molecule has 0 aliphatic rings. The van der Waals surface area contributed by atoms with Crippen molar-refractivity contribution in [3.05, 3.63) is 12.2 Å². The summed E-state index contributed by atoms with van der Waals surface area (Å²) in [6.07, 6.45) is 7.91. The molecule has 3 heteroatoms. The average Bonchev–Trinajstić information content (AvgIpc) is 2.27. The molecule has 0 bridgehead atoms. The summed E-state index contributed by atoms with van der Waals surface area (Å²) in [7, 11) is 0. The predicted octanol–water partition coefficient (Wildman–Crippen LogP) is 3.74. The molecule has 0 aliphatic heterocycles. The van der Waals surface area contributed by atoms with Gasteiger partial charge < -0.3 is 9.47 Å². The Morgan fingerprint density at radius 1 is 1.13 bits per heavy atom. The summed E-state index contributed by atoms with van der Waals surface area (Å²) in [5.41, 5.74) is 0. The molecule has 0 amide bonds. The molecule has 0 spiro atoms. The molecule has 15 heavy (non-hydrogen) atoms. The molecule has 0 atom stereocenters.